The monoisotopic (exact) mass is 294 g/mol. The van der Waals surface area contributed by atoms with Crippen molar-refractivity contribution in [2.24, 2.45) is 11.8 Å². The van der Waals surface area contributed by atoms with Crippen LogP contribution in [0.1, 0.15) is 51.9 Å². The molecular formula is C18H34N2O. The minimum atomic E-state index is 0.564. The minimum Gasteiger partial charge on any atom is -0.378 e. The zero-order valence-corrected chi connectivity index (χ0v) is 13.9. The van der Waals surface area contributed by atoms with Crippen LogP contribution >= 0.6 is 0 Å². The van der Waals surface area contributed by atoms with Gasteiger partial charge in [0.25, 0.3) is 0 Å². The van der Waals surface area contributed by atoms with E-state index < -0.39 is 0 Å². The summed E-state index contributed by atoms with van der Waals surface area (Å²) in [6.45, 7) is 11.4. The predicted octanol–water partition coefficient (Wildman–Crippen LogP) is 3.00. The number of ether oxygens (including phenoxy) is 1. The highest BCUT2D eigenvalue weighted by Gasteiger charge is 2.25. The highest BCUT2D eigenvalue weighted by molar-refractivity contribution is 4.79. The molecule has 122 valence electrons. The minimum absolute atomic E-state index is 0.564. The molecule has 0 aliphatic carbocycles. The van der Waals surface area contributed by atoms with E-state index in [1.54, 1.807) is 0 Å². The number of rotatable bonds is 5. The van der Waals surface area contributed by atoms with Gasteiger partial charge in [0.1, 0.15) is 0 Å². The van der Waals surface area contributed by atoms with Crippen LogP contribution in [0, 0.1) is 11.8 Å². The van der Waals surface area contributed by atoms with Crippen LogP contribution in [0.15, 0.2) is 0 Å². The summed E-state index contributed by atoms with van der Waals surface area (Å²) < 4.78 is 5.77. The summed E-state index contributed by atoms with van der Waals surface area (Å²) in [6.07, 6.45) is 10.1. The third-order valence-corrected chi connectivity index (χ3v) is 5.79. The van der Waals surface area contributed by atoms with Crippen LogP contribution in [0.25, 0.3) is 0 Å². The maximum atomic E-state index is 5.77. The predicted molar refractivity (Wildman–Crippen MR) is 87.6 cm³/mol. The summed E-state index contributed by atoms with van der Waals surface area (Å²) in [5, 5.41) is 0. The maximum Gasteiger partial charge on any atom is 0.0588 e. The third kappa shape index (κ3) is 4.94. The van der Waals surface area contributed by atoms with Gasteiger partial charge < -0.3 is 14.5 Å². The summed E-state index contributed by atoms with van der Waals surface area (Å²) >= 11 is 0. The van der Waals surface area contributed by atoms with E-state index in [0.717, 1.165) is 18.4 Å². The first kappa shape index (κ1) is 15.8. The molecule has 0 bridgehead atoms. The second-order valence-corrected chi connectivity index (χ2v) is 7.72. The van der Waals surface area contributed by atoms with Gasteiger partial charge >= 0.3 is 0 Å². The van der Waals surface area contributed by atoms with Gasteiger partial charge in [0, 0.05) is 26.2 Å². The van der Waals surface area contributed by atoms with Gasteiger partial charge in [0.15, 0.2) is 0 Å². The first-order valence-electron chi connectivity index (χ1n) is 9.36. The number of piperidine rings is 2. The average molecular weight is 294 g/mol. The van der Waals surface area contributed by atoms with Crippen molar-refractivity contribution in [1.82, 2.24) is 9.80 Å². The summed E-state index contributed by atoms with van der Waals surface area (Å²) in [5.74, 6) is 1.87. The van der Waals surface area contributed by atoms with Crippen molar-refractivity contribution in [3.05, 3.63) is 0 Å². The SMILES string of the molecule is CC1CCN(C[C@@H]2CCCN(CC[C@@H]3CCCO3)C2)CC1. The molecule has 0 spiro atoms. The molecule has 0 saturated carbocycles. The van der Waals surface area contributed by atoms with Crippen molar-refractivity contribution >= 4 is 0 Å². The number of hydrogen-bond donors (Lipinski definition) is 0. The summed E-state index contributed by atoms with van der Waals surface area (Å²) in [4.78, 5) is 5.44. The van der Waals surface area contributed by atoms with Crippen molar-refractivity contribution in [1.29, 1.82) is 0 Å². The Labute approximate surface area is 131 Å². The largest absolute Gasteiger partial charge is 0.378 e. The van der Waals surface area contributed by atoms with Crippen molar-refractivity contribution in [2.45, 2.75) is 58.0 Å². The molecule has 3 rings (SSSR count). The van der Waals surface area contributed by atoms with Gasteiger partial charge in [-0.25, -0.2) is 0 Å². The average Bonchev–Trinajstić information content (AvgIpc) is 3.01. The van der Waals surface area contributed by atoms with E-state index in [2.05, 4.69) is 16.7 Å². The molecular weight excluding hydrogens is 260 g/mol. The van der Waals surface area contributed by atoms with Crippen LogP contribution in [-0.2, 0) is 4.74 Å². The molecule has 0 unspecified atom stereocenters. The molecule has 0 N–H and O–H groups in total. The number of hydrogen-bond acceptors (Lipinski definition) is 3. The highest BCUT2D eigenvalue weighted by atomic mass is 16.5. The molecule has 2 atom stereocenters. The van der Waals surface area contributed by atoms with E-state index >= 15 is 0 Å². The summed E-state index contributed by atoms with van der Waals surface area (Å²) in [6, 6.07) is 0. The van der Waals surface area contributed by atoms with Crippen LogP contribution in [0.2, 0.25) is 0 Å². The van der Waals surface area contributed by atoms with Gasteiger partial charge in [-0.3, -0.25) is 0 Å². The van der Waals surface area contributed by atoms with E-state index in [1.165, 1.54) is 84.2 Å². The normalized spacial score (nSPS) is 33.6. The fourth-order valence-corrected chi connectivity index (χ4v) is 4.31. The van der Waals surface area contributed by atoms with Crippen LogP contribution in [0.4, 0.5) is 0 Å². The molecule has 0 aromatic heterocycles. The van der Waals surface area contributed by atoms with E-state index in [9.17, 15) is 0 Å². The van der Waals surface area contributed by atoms with Crippen molar-refractivity contribution < 1.29 is 4.74 Å². The lowest BCUT2D eigenvalue weighted by molar-refractivity contribution is 0.0748. The number of likely N-dealkylation sites (tertiary alicyclic amines) is 2. The van der Waals surface area contributed by atoms with E-state index in [0.29, 0.717) is 6.10 Å². The Morgan fingerprint density at radius 3 is 2.57 bits per heavy atom. The molecule has 0 aromatic rings. The lowest BCUT2D eigenvalue weighted by Crippen LogP contribution is -2.43. The van der Waals surface area contributed by atoms with Crippen LogP contribution in [-0.4, -0.2) is 61.8 Å². The quantitative estimate of drug-likeness (QED) is 0.775. The van der Waals surface area contributed by atoms with Crippen LogP contribution in [0.5, 0.6) is 0 Å². The van der Waals surface area contributed by atoms with Gasteiger partial charge in [0.05, 0.1) is 6.10 Å². The third-order valence-electron chi connectivity index (χ3n) is 5.79. The van der Waals surface area contributed by atoms with Crippen LogP contribution < -0.4 is 0 Å². The van der Waals surface area contributed by atoms with Crippen molar-refractivity contribution in [3.8, 4) is 0 Å². The fraction of sp³-hybridized carbons (Fsp3) is 1.00. The van der Waals surface area contributed by atoms with Crippen LogP contribution in [0.3, 0.4) is 0 Å². The second kappa shape index (κ2) is 7.94. The van der Waals surface area contributed by atoms with Gasteiger partial charge in [-0.15, -0.1) is 0 Å². The van der Waals surface area contributed by atoms with Crippen molar-refractivity contribution in [2.75, 3.05) is 45.9 Å². The lowest BCUT2D eigenvalue weighted by Gasteiger charge is -2.38. The Bertz CT molecular complexity index is 296. The molecule has 3 saturated heterocycles. The Hall–Kier alpha value is -0.120. The Balaban J connectivity index is 1.36. The maximum absolute atomic E-state index is 5.77. The Kier molecular flexibility index (Phi) is 5.96. The Morgan fingerprint density at radius 2 is 1.81 bits per heavy atom. The first-order chi connectivity index (χ1) is 10.3. The van der Waals surface area contributed by atoms with Gasteiger partial charge in [-0.1, -0.05) is 6.92 Å². The molecule has 3 aliphatic heterocycles. The molecule has 3 heterocycles. The molecule has 3 heteroatoms. The number of nitrogens with zero attached hydrogens (tertiary/aromatic N) is 2. The standard InChI is InChI=1S/C18H34N2O/c1-16-6-10-20(11-7-16)15-17-4-2-9-19(14-17)12-8-18-5-3-13-21-18/h16-18H,2-15H2,1H3/t17-,18+/m1/s1. The summed E-state index contributed by atoms with van der Waals surface area (Å²) in [5.41, 5.74) is 0. The summed E-state index contributed by atoms with van der Waals surface area (Å²) in [7, 11) is 0. The zero-order chi connectivity index (χ0) is 14.5. The molecule has 3 aliphatic rings. The molecule has 0 radical (unpaired) electrons. The topological polar surface area (TPSA) is 15.7 Å². The molecule has 0 aromatic carbocycles. The van der Waals surface area contributed by atoms with Gasteiger partial charge in [0.2, 0.25) is 0 Å². The molecule has 21 heavy (non-hydrogen) atoms. The first-order valence-corrected chi connectivity index (χ1v) is 9.36. The molecule has 3 fully saturated rings. The smallest absolute Gasteiger partial charge is 0.0588 e. The molecule has 0 amide bonds. The fourth-order valence-electron chi connectivity index (χ4n) is 4.31. The molecule has 3 nitrogen and oxygen atoms in total. The van der Waals surface area contributed by atoms with E-state index in [1.807, 2.05) is 0 Å². The van der Waals surface area contributed by atoms with Gasteiger partial charge in [-0.05, 0) is 76.4 Å². The van der Waals surface area contributed by atoms with E-state index in [4.69, 9.17) is 4.74 Å². The lowest BCUT2D eigenvalue weighted by atomic mass is 9.94. The Morgan fingerprint density at radius 1 is 0.952 bits per heavy atom. The highest BCUT2D eigenvalue weighted by Crippen LogP contribution is 2.23. The zero-order valence-electron chi connectivity index (χ0n) is 13.9. The van der Waals surface area contributed by atoms with Crippen molar-refractivity contribution in [3.63, 3.8) is 0 Å². The van der Waals surface area contributed by atoms with E-state index in [-0.39, 0.29) is 0 Å². The van der Waals surface area contributed by atoms with Gasteiger partial charge in [-0.2, -0.15) is 0 Å². The second-order valence-electron chi connectivity index (χ2n) is 7.72.